The molecule has 6 nitrogen and oxygen atoms in total. The van der Waals surface area contributed by atoms with E-state index in [0.717, 1.165) is 25.9 Å². The summed E-state index contributed by atoms with van der Waals surface area (Å²) in [5.41, 5.74) is -0.416. The van der Waals surface area contributed by atoms with E-state index in [-0.39, 0.29) is 11.8 Å². The Bertz CT molecular complexity index is 586. The number of nitrogens with zero attached hydrogens (tertiary/aromatic N) is 1. The van der Waals surface area contributed by atoms with Gasteiger partial charge in [0.15, 0.2) is 0 Å². The van der Waals surface area contributed by atoms with Crippen molar-refractivity contribution in [2.75, 3.05) is 18.4 Å². The first-order valence-corrected chi connectivity index (χ1v) is 9.24. The number of carbonyl (C=O) groups is 1. The van der Waals surface area contributed by atoms with Crippen LogP contribution in [0.25, 0.3) is 0 Å². The van der Waals surface area contributed by atoms with E-state index in [1.807, 2.05) is 27.7 Å². The van der Waals surface area contributed by atoms with E-state index in [4.69, 9.17) is 4.52 Å². The van der Waals surface area contributed by atoms with Crippen LogP contribution in [0.15, 0.2) is 10.6 Å². The molecule has 0 radical (unpaired) electrons. The van der Waals surface area contributed by atoms with Gasteiger partial charge in [0, 0.05) is 16.9 Å². The number of rotatable bonds is 6. The maximum atomic E-state index is 12.8. The molecule has 2 heterocycles. The van der Waals surface area contributed by atoms with Gasteiger partial charge in [0.25, 0.3) is 0 Å². The Kier molecular flexibility index (Phi) is 5.94. The third kappa shape index (κ3) is 4.23. The number of nitrogens with one attached hydrogen (secondary N) is 2. The Labute approximate surface area is 150 Å². The van der Waals surface area contributed by atoms with Crippen LogP contribution in [0.3, 0.4) is 0 Å². The van der Waals surface area contributed by atoms with Gasteiger partial charge in [-0.15, -0.1) is 0 Å². The van der Waals surface area contributed by atoms with Crippen molar-refractivity contribution in [2.45, 2.75) is 65.9 Å². The molecule has 1 aliphatic rings. The minimum Gasteiger partial charge on any atom is -0.392 e. The molecule has 25 heavy (non-hydrogen) atoms. The van der Waals surface area contributed by atoms with Crippen molar-refractivity contribution in [1.29, 1.82) is 0 Å². The monoisotopic (exact) mass is 351 g/mol. The Morgan fingerprint density at radius 3 is 2.48 bits per heavy atom. The molecule has 2 atom stereocenters. The number of hydrogen-bond donors (Lipinski definition) is 3. The predicted molar refractivity (Wildman–Crippen MR) is 98.4 cm³/mol. The molecule has 142 valence electrons. The fourth-order valence-electron chi connectivity index (χ4n) is 3.27. The number of amides is 1. The summed E-state index contributed by atoms with van der Waals surface area (Å²) in [5.74, 6) is 1.09. The number of aliphatic hydroxyl groups excluding tert-OH is 1. The number of aliphatic hydroxyl groups is 1. The molecule has 0 spiro atoms. The highest BCUT2D eigenvalue weighted by atomic mass is 16.5. The summed E-state index contributed by atoms with van der Waals surface area (Å²) in [6, 6.07) is 1.70. The summed E-state index contributed by atoms with van der Waals surface area (Å²) in [6.07, 6.45) is 1.64. The maximum absolute atomic E-state index is 12.8. The number of carbonyl (C=O) groups excluding carboxylic acids is 1. The fourth-order valence-corrected chi connectivity index (χ4v) is 3.27. The van der Waals surface area contributed by atoms with E-state index in [1.54, 1.807) is 13.0 Å². The molecule has 2 rings (SSSR count). The first-order chi connectivity index (χ1) is 11.6. The molecule has 1 aromatic heterocycles. The van der Waals surface area contributed by atoms with E-state index in [0.29, 0.717) is 17.5 Å². The van der Waals surface area contributed by atoms with Crippen molar-refractivity contribution in [3.05, 3.63) is 11.8 Å². The number of hydrogen-bond acceptors (Lipinski definition) is 5. The molecule has 0 saturated carbocycles. The van der Waals surface area contributed by atoms with Gasteiger partial charge in [-0.25, -0.2) is 0 Å². The zero-order chi connectivity index (χ0) is 18.8. The van der Waals surface area contributed by atoms with Crippen molar-refractivity contribution in [3.63, 3.8) is 0 Å². The second-order valence-corrected chi connectivity index (χ2v) is 8.53. The average Bonchev–Trinajstić information content (AvgIpc) is 3.04. The summed E-state index contributed by atoms with van der Waals surface area (Å²) >= 11 is 0. The number of anilines is 1. The first-order valence-electron chi connectivity index (χ1n) is 9.24. The van der Waals surface area contributed by atoms with Crippen LogP contribution in [0, 0.1) is 17.3 Å². The number of piperidine rings is 1. The average molecular weight is 351 g/mol. The molecule has 6 heteroatoms. The van der Waals surface area contributed by atoms with Gasteiger partial charge in [0.1, 0.15) is 0 Å². The minimum atomic E-state index is -0.572. The van der Waals surface area contributed by atoms with Gasteiger partial charge in [-0.05, 0) is 44.7 Å². The van der Waals surface area contributed by atoms with Gasteiger partial charge in [0.05, 0.1) is 11.8 Å². The molecule has 1 fully saturated rings. The topological polar surface area (TPSA) is 87.4 Å². The largest absolute Gasteiger partial charge is 0.392 e. The third-order valence-electron chi connectivity index (χ3n) is 6.27. The lowest BCUT2D eigenvalue weighted by atomic mass is 9.69. The lowest BCUT2D eigenvalue weighted by Crippen LogP contribution is -2.42. The Morgan fingerprint density at radius 2 is 1.92 bits per heavy atom. The van der Waals surface area contributed by atoms with E-state index in [2.05, 4.69) is 22.7 Å². The Hall–Kier alpha value is -1.40. The van der Waals surface area contributed by atoms with Gasteiger partial charge in [-0.2, -0.15) is 0 Å². The normalized spacial score (nSPS) is 19.5. The standard InChI is InChI=1S/C19H33N3O3/c1-12(14-7-9-20-10-8-14)18(3,4)17(24)21-16-11-15(22-25-16)19(5,6)13(2)23/h11-14,20,23H,7-10H2,1-6H3,(H,21,24). The van der Waals surface area contributed by atoms with Crippen LogP contribution >= 0.6 is 0 Å². The maximum Gasteiger partial charge on any atom is 0.232 e. The van der Waals surface area contributed by atoms with Crippen LogP contribution in [-0.2, 0) is 10.2 Å². The fraction of sp³-hybridized carbons (Fsp3) is 0.789. The van der Waals surface area contributed by atoms with Crippen LogP contribution in [0.4, 0.5) is 5.88 Å². The van der Waals surface area contributed by atoms with Crippen LogP contribution in [-0.4, -0.2) is 35.4 Å². The molecular weight excluding hydrogens is 318 g/mol. The highest BCUT2D eigenvalue weighted by Crippen LogP contribution is 2.37. The van der Waals surface area contributed by atoms with Gasteiger partial charge in [-0.3, -0.25) is 10.1 Å². The second kappa shape index (κ2) is 7.46. The van der Waals surface area contributed by atoms with Crippen molar-refractivity contribution >= 4 is 11.8 Å². The molecular formula is C19H33N3O3. The van der Waals surface area contributed by atoms with Crippen LogP contribution < -0.4 is 10.6 Å². The lowest BCUT2D eigenvalue weighted by Gasteiger charge is -2.37. The molecule has 0 aromatic carbocycles. The van der Waals surface area contributed by atoms with E-state index in [1.165, 1.54) is 0 Å². The molecule has 2 unspecified atom stereocenters. The van der Waals surface area contributed by atoms with Crippen LogP contribution in [0.2, 0.25) is 0 Å². The van der Waals surface area contributed by atoms with E-state index < -0.39 is 16.9 Å². The smallest absolute Gasteiger partial charge is 0.232 e. The summed E-state index contributed by atoms with van der Waals surface area (Å²) in [5, 5.41) is 20.2. The summed E-state index contributed by atoms with van der Waals surface area (Å²) in [4.78, 5) is 12.8. The van der Waals surface area contributed by atoms with Crippen molar-refractivity contribution < 1.29 is 14.4 Å². The van der Waals surface area contributed by atoms with E-state index in [9.17, 15) is 9.90 Å². The SMILES string of the molecule is CC(C1CCNCC1)C(C)(C)C(=O)Nc1cc(C(C)(C)C(C)O)no1. The second-order valence-electron chi connectivity index (χ2n) is 8.53. The predicted octanol–water partition coefficient (Wildman–Crippen LogP) is 2.93. The van der Waals surface area contributed by atoms with Gasteiger partial charge in [-0.1, -0.05) is 39.8 Å². The zero-order valence-corrected chi connectivity index (χ0v) is 16.3. The Balaban J connectivity index is 2.06. The molecule has 1 aliphatic heterocycles. The van der Waals surface area contributed by atoms with Crippen LogP contribution in [0.5, 0.6) is 0 Å². The van der Waals surface area contributed by atoms with Crippen molar-refractivity contribution in [2.24, 2.45) is 17.3 Å². The molecule has 3 N–H and O–H groups in total. The minimum absolute atomic E-state index is 0.0592. The summed E-state index contributed by atoms with van der Waals surface area (Å²) < 4.78 is 5.29. The van der Waals surface area contributed by atoms with Crippen molar-refractivity contribution in [1.82, 2.24) is 10.5 Å². The van der Waals surface area contributed by atoms with Crippen LogP contribution in [0.1, 0.15) is 60.1 Å². The molecule has 1 saturated heterocycles. The Morgan fingerprint density at radius 1 is 1.32 bits per heavy atom. The molecule has 0 bridgehead atoms. The number of aromatic nitrogens is 1. The quantitative estimate of drug-likeness (QED) is 0.733. The zero-order valence-electron chi connectivity index (χ0n) is 16.3. The molecule has 1 aromatic rings. The summed E-state index contributed by atoms with van der Waals surface area (Å²) in [6.45, 7) is 13.7. The summed E-state index contributed by atoms with van der Waals surface area (Å²) in [7, 11) is 0. The lowest BCUT2D eigenvalue weighted by molar-refractivity contribution is -0.127. The molecule has 0 aliphatic carbocycles. The highest BCUT2D eigenvalue weighted by molar-refractivity contribution is 5.93. The van der Waals surface area contributed by atoms with Gasteiger partial charge < -0.3 is 14.9 Å². The third-order valence-corrected chi connectivity index (χ3v) is 6.27. The van der Waals surface area contributed by atoms with Gasteiger partial charge >= 0.3 is 0 Å². The first kappa shape index (κ1) is 19.9. The van der Waals surface area contributed by atoms with E-state index >= 15 is 0 Å². The van der Waals surface area contributed by atoms with Gasteiger partial charge in [0.2, 0.25) is 11.8 Å². The molecule has 1 amide bonds. The highest BCUT2D eigenvalue weighted by Gasteiger charge is 2.39. The van der Waals surface area contributed by atoms with Crippen molar-refractivity contribution in [3.8, 4) is 0 Å².